The van der Waals surface area contributed by atoms with Gasteiger partial charge in [0.05, 0.1) is 11.4 Å². The Hall–Kier alpha value is -3.42. The third-order valence-electron chi connectivity index (χ3n) is 3.29. The molecule has 0 atom stereocenters. The van der Waals surface area contributed by atoms with Gasteiger partial charge in [-0.15, -0.1) is 0 Å². The molecule has 0 aliphatic carbocycles. The van der Waals surface area contributed by atoms with E-state index in [1.807, 2.05) is 12.1 Å². The smallest absolute Gasteiger partial charge is 0.356 e. The minimum Gasteiger partial charge on any atom is -0.476 e. The fourth-order valence-electron chi connectivity index (χ4n) is 2.13. The zero-order valence-electron chi connectivity index (χ0n) is 12.8. The molecule has 1 aromatic carbocycles. The molecule has 0 aliphatic rings. The minimum absolute atomic E-state index is 0.0330. The molecular formula is C16H14N4O4. The van der Waals surface area contributed by atoms with Crippen molar-refractivity contribution in [3.63, 3.8) is 0 Å². The molecule has 0 spiro atoms. The molecule has 0 saturated heterocycles. The van der Waals surface area contributed by atoms with Gasteiger partial charge in [-0.05, 0) is 30.7 Å². The second-order valence-corrected chi connectivity index (χ2v) is 5.14. The highest BCUT2D eigenvalue weighted by Gasteiger charge is 2.11. The average Bonchev–Trinajstić information content (AvgIpc) is 3.22. The Bertz CT molecular complexity index is 897. The lowest BCUT2D eigenvalue weighted by molar-refractivity contribution is 0.0689. The molecule has 0 bridgehead atoms. The number of aryl methyl sites for hydroxylation is 1. The normalized spacial score (nSPS) is 10.5. The van der Waals surface area contributed by atoms with Crippen LogP contribution in [0.5, 0.6) is 0 Å². The van der Waals surface area contributed by atoms with Gasteiger partial charge in [-0.25, -0.2) is 9.48 Å². The first-order valence-electron chi connectivity index (χ1n) is 7.13. The SMILES string of the molecule is Cc1cc(C(=O)NCc2cccc(-n3ccc(C(=O)O)n3)c2)on1. The molecule has 0 radical (unpaired) electrons. The van der Waals surface area contributed by atoms with Gasteiger partial charge in [0, 0.05) is 18.8 Å². The van der Waals surface area contributed by atoms with E-state index in [1.54, 1.807) is 31.3 Å². The van der Waals surface area contributed by atoms with Crippen LogP contribution < -0.4 is 5.32 Å². The van der Waals surface area contributed by atoms with Gasteiger partial charge in [-0.1, -0.05) is 17.3 Å². The van der Waals surface area contributed by atoms with Crippen LogP contribution in [0.15, 0.2) is 47.1 Å². The summed E-state index contributed by atoms with van der Waals surface area (Å²) in [6.45, 7) is 2.03. The van der Waals surface area contributed by atoms with Crippen LogP contribution in [-0.2, 0) is 6.54 Å². The molecule has 8 heteroatoms. The molecule has 0 aliphatic heterocycles. The summed E-state index contributed by atoms with van der Waals surface area (Å²) in [5, 5.41) is 19.3. The van der Waals surface area contributed by atoms with Crippen molar-refractivity contribution in [1.82, 2.24) is 20.3 Å². The Morgan fingerprint density at radius 1 is 1.29 bits per heavy atom. The summed E-state index contributed by atoms with van der Waals surface area (Å²) in [4.78, 5) is 22.8. The molecule has 3 rings (SSSR count). The Kier molecular flexibility index (Phi) is 4.11. The fourth-order valence-corrected chi connectivity index (χ4v) is 2.13. The Morgan fingerprint density at radius 3 is 2.79 bits per heavy atom. The highest BCUT2D eigenvalue weighted by molar-refractivity contribution is 5.91. The van der Waals surface area contributed by atoms with Crippen LogP contribution in [-0.4, -0.2) is 31.9 Å². The standard InChI is InChI=1S/C16H14N4O4/c1-10-7-14(24-19-10)15(21)17-9-11-3-2-4-12(8-11)20-6-5-13(18-20)16(22)23/h2-8H,9H2,1H3,(H,17,21)(H,22,23). The first kappa shape index (κ1) is 15.5. The quantitative estimate of drug-likeness (QED) is 0.739. The number of benzene rings is 1. The highest BCUT2D eigenvalue weighted by atomic mass is 16.5. The van der Waals surface area contributed by atoms with Crippen LogP contribution in [0.1, 0.15) is 32.3 Å². The first-order chi connectivity index (χ1) is 11.5. The van der Waals surface area contributed by atoms with Gasteiger partial charge in [0.15, 0.2) is 5.69 Å². The maximum Gasteiger partial charge on any atom is 0.356 e. The topological polar surface area (TPSA) is 110 Å². The Labute approximate surface area is 136 Å². The van der Waals surface area contributed by atoms with Gasteiger partial charge in [0.2, 0.25) is 5.76 Å². The third-order valence-corrected chi connectivity index (χ3v) is 3.29. The monoisotopic (exact) mass is 326 g/mol. The largest absolute Gasteiger partial charge is 0.476 e. The number of carbonyl (C=O) groups is 2. The van der Waals surface area contributed by atoms with Crippen molar-refractivity contribution in [1.29, 1.82) is 0 Å². The van der Waals surface area contributed by atoms with Crippen molar-refractivity contribution >= 4 is 11.9 Å². The number of amides is 1. The van der Waals surface area contributed by atoms with Crippen molar-refractivity contribution in [3.8, 4) is 5.69 Å². The van der Waals surface area contributed by atoms with E-state index in [0.717, 1.165) is 5.56 Å². The van der Waals surface area contributed by atoms with Crippen molar-refractivity contribution < 1.29 is 19.2 Å². The number of hydrogen-bond donors (Lipinski definition) is 2. The fraction of sp³-hybridized carbons (Fsp3) is 0.125. The van der Waals surface area contributed by atoms with Gasteiger partial charge >= 0.3 is 5.97 Å². The van der Waals surface area contributed by atoms with E-state index < -0.39 is 5.97 Å². The van der Waals surface area contributed by atoms with E-state index in [-0.39, 0.29) is 17.4 Å². The second kappa shape index (κ2) is 6.37. The Balaban J connectivity index is 1.71. The van der Waals surface area contributed by atoms with Crippen molar-refractivity contribution in [3.05, 3.63) is 65.3 Å². The number of carboxylic acids is 1. The Morgan fingerprint density at radius 2 is 2.12 bits per heavy atom. The number of aromatic nitrogens is 3. The van der Waals surface area contributed by atoms with Crippen molar-refractivity contribution in [2.75, 3.05) is 0 Å². The molecule has 3 aromatic rings. The van der Waals surface area contributed by atoms with Gasteiger partial charge < -0.3 is 14.9 Å². The lowest BCUT2D eigenvalue weighted by atomic mass is 10.2. The van der Waals surface area contributed by atoms with Crippen molar-refractivity contribution in [2.24, 2.45) is 0 Å². The number of carbonyl (C=O) groups excluding carboxylic acids is 1. The predicted molar refractivity (Wildman–Crippen MR) is 82.9 cm³/mol. The van der Waals surface area contributed by atoms with E-state index in [0.29, 0.717) is 17.9 Å². The van der Waals surface area contributed by atoms with Crippen LogP contribution in [0.4, 0.5) is 0 Å². The lowest BCUT2D eigenvalue weighted by Crippen LogP contribution is -2.22. The van der Waals surface area contributed by atoms with Crippen LogP contribution in [0.3, 0.4) is 0 Å². The van der Waals surface area contributed by atoms with Gasteiger partial charge in [-0.3, -0.25) is 4.79 Å². The molecule has 24 heavy (non-hydrogen) atoms. The minimum atomic E-state index is -1.08. The van der Waals surface area contributed by atoms with E-state index in [2.05, 4.69) is 15.6 Å². The number of carboxylic acid groups (broad SMARTS) is 1. The van der Waals surface area contributed by atoms with Gasteiger partial charge in [-0.2, -0.15) is 5.10 Å². The highest BCUT2D eigenvalue weighted by Crippen LogP contribution is 2.11. The summed E-state index contributed by atoms with van der Waals surface area (Å²) in [5.41, 5.74) is 2.14. The number of rotatable bonds is 5. The molecule has 2 N–H and O–H groups in total. The summed E-state index contributed by atoms with van der Waals surface area (Å²) in [7, 11) is 0. The van der Waals surface area contributed by atoms with E-state index in [1.165, 1.54) is 10.7 Å². The molecule has 0 fully saturated rings. The van der Waals surface area contributed by atoms with E-state index in [4.69, 9.17) is 9.63 Å². The summed E-state index contributed by atoms with van der Waals surface area (Å²) in [6.07, 6.45) is 1.57. The maximum absolute atomic E-state index is 11.9. The first-order valence-corrected chi connectivity index (χ1v) is 7.13. The summed E-state index contributed by atoms with van der Waals surface area (Å²) in [6, 6.07) is 10.2. The predicted octanol–water partition coefficient (Wildman–Crippen LogP) is 1.80. The molecule has 122 valence electrons. The summed E-state index contributed by atoms with van der Waals surface area (Å²) >= 11 is 0. The molecule has 1 amide bonds. The number of aromatic carboxylic acids is 1. The van der Waals surface area contributed by atoms with Crippen molar-refractivity contribution in [2.45, 2.75) is 13.5 Å². The zero-order chi connectivity index (χ0) is 17.1. The number of nitrogens with zero attached hydrogens (tertiary/aromatic N) is 3. The van der Waals surface area contributed by atoms with Crippen LogP contribution in [0.2, 0.25) is 0 Å². The average molecular weight is 326 g/mol. The summed E-state index contributed by atoms with van der Waals surface area (Å²) in [5.74, 6) is -1.28. The van der Waals surface area contributed by atoms with Gasteiger partial charge in [0.25, 0.3) is 5.91 Å². The molecule has 0 saturated carbocycles. The number of hydrogen-bond acceptors (Lipinski definition) is 5. The molecule has 2 aromatic heterocycles. The molecule has 0 unspecified atom stereocenters. The maximum atomic E-state index is 11.9. The molecule has 8 nitrogen and oxygen atoms in total. The second-order valence-electron chi connectivity index (χ2n) is 5.14. The third kappa shape index (κ3) is 3.32. The molecular weight excluding hydrogens is 312 g/mol. The molecule has 2 heterocycles. The zero-order valence-corrected chi connectivity index (χ0v) is 12.8. The summed E-state index contributed by atoms with van der Waals surface area (Å²) < 4.78 is 6.37. The van der Waals surface area contributed by atoms with Gasteiger partial charge in [0.1, 0.15) is 0 Å². The van der Waals surface area contributed by atoms with Crippen LogP contribution >= 0.6 is 0 Å². The van der Waals surface area contributed by atoms with E-state index >= 15 is 0 Å². The number of nitrogens with one attached hydrogen (secondary N) is 1. The van der Waals surface area contributed by atoms with E-state index in [9.17, 15) is 9.59 Å². The lowest BCUT2D eigenvalue weighted by Gasteiger charge is -2.06. The van der Waals surface area contributed by atoms with Crippen LogP contribution in [0, 0.1) is 6.92 Å². The van der Waals surface area contributed by atoms with Crippen LogP contribution in [0.25, 0.3) is 5.69 Å².